The maximum absolute atomic E-state index is 13.1. The Labute approximate surface area is 141 Å². The highest BCUT2D eigenvalue weighted by Crippen LogP contribution is 2.19. The van der Waals surface area contributed by atoms with Gasteiger partial charge in [-0.15, -0.1) is 0 Å². The Balaban J connectivity index is 1.68. The highest BCUT2D eigenvalue weighted by Gasteiger charge is 2.14. The Morgan fingerprint density at radius 2 is 1.79 bits per heavy atom. The number of hydrogen-bond acceptors (Lipinski definition) is 3. The minimum Gasteiger partial charge on any atom is -0.375 e. The Hall–Kier alpha value is -2.30. The molecule has 1 N–H and O–H groups in total. The number of aromatic nitrogens is 1. The van der Waals surface area contributed by atoms with Crippen LogP contribution in [-0.4, -0.2) is 18.6 Å². The highest BCUT2D eigenvalue weighted by atomic mass is 19.1. The van der Waals surface area contributed by atoms with Crippen LogP contribution in [0.5, 0.6) is 0 Å². The summed E-state index contributed by atoms with van der Waals surface area (Å²) in [6, 6.07) is 18.7. The lowest BCUT2D eigenvalue weighted by Gasteiger charge is -2.20. The minimum absolute atomic E-state index is 0.0905. The average Bonchev–Trinajstić information content (AvgIpc) is 2.63. The summed E-state index contributed by atoms with van der Waals surface area (Å²) in [7, 11) is 1.66. The first-order valence-electron chi connectivity index (χ1n) is 8.04. The summed E-state index contributed by atoms with van der Waals surface area (Å²) in [5, 5.41) is 4.58. The van der Waals surface area contributed by atoms with Crippen LogP contribution in [0.15, 0.2) is 60.7 Å². The molecule has 4 heteroatoms. The number of methoxy groups -OCH3 is 1. The van der Waals surface area contributed by atoms with Gasteiger partial charge in [0.15, 0.2) is 0 Å². The van der Waals surface area contributed by atoms with E-state index in [1.165, 1.54) is 12.1 Å². The van der Waals surface area contributed by atoms with E-state index in [4.69, 9.17) is 9.72 Å². The maximum Gasteiger partial charge on any atom is 0.123 e. The molecule has 2 atom stereocenters. The topological polar surface area (TPSA) is 34.1 Å². The standard InChI is InChI=1S/C20H21FN2O/c1-14(18-12-9-15-5-3-4-6-19(15)23-18)22-13-20(24-2)16-7-10-17(21)11-8-16/h3-12,14,20,22H,13H2,1-2H3. The van der Waals surface area contributed by atoms with Gasteiger partial charge in [-0.25, -0.2) is 4.39 Å². The normalized spacial score (nSPS) is 13.8. The lowest BCUT2D eigenvalue weighted by molar-refractivity contribution is 0.0997. The van der Waals surface area contributed by atoms with E-state index in [9.17, 15) is 4.39 Å². The summed E-state index contributed by atoms with van der Waals surface area (Å²) < 4.78 is 18.6. The first-order chi connectivity index (χ1) is 11.7. The number of fused-ring (bicyclic) bond motifs is 1. The van der Waals surface area contributed by atoms with Crippen LogP contribution in [0.4, 0.5) is 4.39 Å². The van der Waals surface area contributed by atoms with Gasteiger partial charge in [-0.1, -0.05) is 36.4 Å². The van der Waals surface area contributed by atoms with E-state index >= 15 is 0 Å². The Morgan fingerprint density at radius 3 is 2.54 bits per heavy atom. The molecular weight excluding hydrogens is 303 g/mol. The summed E-state index contributed by atoms with van der Waals surface area (Å²) >= 11 is 0. The Kier molecular flexibility index (Phi) is 5.18. The van der Waals surface area contributed by atoms with Gasteiger partial charge in [0.05, 0.1) is 17.3 Å². The van der Waals surface area contributed by atoms with E-state index in [0.29, 0.717) is 6.54 Å². The third kappa shape index (κ3) is 3.78. The van der Waals surface area contributed by atoms with Crippen molar-refractivity contribution in [3.8, 4) is 0 Å². The smallest absolute Gasteiger partial charge is 0.123 e. The SMILES string of the molecule is COC(CNC(C)c1ccc2ccccc2n1)c1ccc(F)cc1. The quantitative estimate of drug-likeness (QED) is 0.729. The summed E-state index contributed by atoms with van der Waals surface area (Å²) in [6.45, 7) is 2.70. The number of benzene rings is 2. The van der Waals surface area contributed by atoms with Crippen LogP contribution in [0, 0.1) is 5.82 Å². The van der Waals surface area contributed by atoms with E-state index < -0.39 is 0 Å². The first-order valence-corrected chi connectivity index (χ1v) is 8.04. The predicted octanol–water partition coefficient (Wildman–Crippen LogP) is 4.41. The molecule has 0 spiro atoms. The summed E-state index contributed by atoms with van der Waals surface area (Å²) in [5.41, 5.74) is 2.93. The Morgan fingerprint density at radius 1 is 1.04 bits per heavy atom. The number of nitrogens with zero attached hydrogens (tertiary/aromatic N) is 1. The molecule has 0 saturated carbocycles. The van der Waals surface area contributed by atoms with Crippen molar-refractivity contribution >= 4 is 10.9 Å². The monoisotopic (exact) mass is 324 g/mol. The summed E-state index contributed by atoms with van der Waals surface area (Å²) in [5.74, 6) is -0.240. The van der Waals surface area contributed by atoms with Crippen LogP contribution >= 0.6 is 0 Å². The molecule has 3 nitrogen and oxygen atoms in total. The van der Waals surface area contributed by atoms with E-state index in [1.807, 2.05) is 24.3 Å². The molecule has 0 aliphatic rings. The average molecular weight is 324 g/mol. The van der Waals surface area contributed by atoms with Gasteiger partial charge in [0.2, 0.25) is 0 Å². The number of rotatable bonds is 6. The third-order valence-electron chi connectivity index (χ3n) is 4.20. The van der Waals surface area contributed by atoms with Crippen molar-refractivity contribution in [2.45, 2.75) is 19.1 Å². The lowest BCUT2D eigenvalue weighted by atomic mass is 10.1. The van der Waals surface area contributed by atoms with Gasteiger partial charge < -0.3 is 10.1 Å². The van der Waals surface area contributed by atoms with Crippen molar-refractivity contribution in [3.05, 3.63) is 77.7 Å². The van der Waals surface area contributed by atoms with Gasteiger partial charge in [-0.3, -0.25) is 4.98 Å². The van der Waals surface area contributed by atoms with Crippen molar-refractivity contribution in [3.63, 3.8) is 0 Å². The second kappa shape index (κ2) is 7.51. The van der Waals surface area contributed by atoms with Gasteiger partial charge in [0.25, 0.3) is 0 Å². The molecule has 3 aromatic rings. The molecule has 2 unspecified atom stereocenters. The van der Waals surface area contributed by atoms with Gasteiger partial charge in [-0.2, -0.15) is 0 Å². The number of pyridine rings is 1. The molecule has 1 heterocycles. The zero-order valence-electron chi connectivity index (χ0n) is 13.9. The fourth-order valence-electron chi connectivity index (χ4n) is 2.73. The molecule has 0 radical (unpaired) electrons. The molecule has 0 fully saturated rings. The predicted molar refractivity (Wildman–Crippen MR) is 94.3 cm³/mol. The fourth-order valence-corrected chi connectivity index (χ4v) is 2.73. The Bertz CT molecular complexity index is 804. The molecular formula is C20H21FN2O. The van der Waals surface area contributed by atoms with Gasteiger partial charge in [-0.05, 0) is 36.8 Å². The zero-order valence-corrected chi connectivity index (χ0v) is 13.9. The third-order valence-corrected chi connectivity index (χ3v) is 4.20. The first kappa shape index (κ1) is 16.6. The highest BCUT2D eigenvalue weighted by molar-refractivity contribution is 5.78. The number of halogens is 1. The molecule has 0 saturated heterocycles. The van der Waals surface area contributed by atoms with Crippen molar-refractivity contribution in [2.24, 2.45) is 0 Å². The maximum atomic E-state index is 13.1. The summed E-state index contributed by atoms with van der Waals surface area (Å²) in [6.07, 6.45) is -0.131. The van der Waals surface area contributed by atoms with E-state index in [0.717, 1.165) is 22.2 Å². The van der Waals surface area contributed by atoms with Gasteiger partial charge in [0.1, 0.15) is 5.82 Å². The molecule has 24 heavy (non-hydrogen) atoms. The lowest BCUT2D eigenvalue weighted by Crippen LogP contribution is -2.26. The van der Waals surface area contributed by atoms with Gasteiger partial charge in [0, 0.05) is 25.1 Å². The molecule has 3 rings (SSSR count). The van der Waals surface area contributed by atoms with Crippen molar-refractivity contribution < 1.29 is 9.13 Å². The molecule has 0 bridgehead atoms. The number of para-hydroxylation sites is 1. The molecule has 0 aliphatic carbocycles. The molecule has 124 valence electrons. The summed E-state index contributed by atoms with van der Waals surface area (Å²) in [4.78, 5) is 4.71. The van der Waals surface area contributed by atoms with Crippen LogP contribution < -0.4 is 5.32 Å². The molecule has 2 aromatic carbocycles. The second-order valence-corrected chi connectivity index (χ2v) is 5.83. The van der Waals surface area contributed by atoms with Crippen molar-refractivity contribution in [1.29, 1.82) is 0 Å². The van der Waals surface area contributed by atoms with Crippen molar-refractivity contribution in [2.75, 3.05) is 13.7 Å². The van der Waals surface area contributed by atoms with Crippen LogP contribution in [0.25, 0.3) is 10.9 Å². The minimum atomic E-state index is -0.240. The van der Waals surface area contributed by atoms with E-state index in [1.54, 1.807) is 19.2 Å². The van der Waals surface area contributed by atoms with Crippen LogP contribution in [-0.2, 0) is 4.74 Å². The second-order valence-electron chi connectivity index (χ2n) is 5.83. The van der Waals surface area contributed by atoms with Crippen LogP contribution in [0.2, 0.25) is 0 Å². The van der Waals surface area contributed by atoms with Crippen LogP contribution in [0.3, 0.4) is 0 Å². The number of nitrogens with one attached hydrogen (secondary N) is 1. The largest absolute Gasteiger partial charge is 0.375 e. The molecule has 0 aliphatic heterocycles. The fraction of sp³-hybridized carbons (Fsp3) is 0.250. The molecule has 0 amide bonds. The van der Waals surface area contributed by atoms with E-state index in [-0.39, 0.29) is 18.0 Å². The van der Waals surface area contributed by atoms with Crippen LogP contribution in [0.1, 0.15) is 30.3 Å². The molecule has 1 aromatic heterocycles. The zero-order chi connectivity index (χ0) is 16.9. The van der Waals surface area contributed by atoms with E-state index in [2.05, 4.69) is 24.4 Å². The number of hydrogen-bond donors (Lipinski definition) is 1. The number of ether oxygens (including phenoxy) is 1. The van der Waals surface area contributed by atoms with Gasteiger partial charge >= 0.3 is 0 Å². The van der Waals surface area contributed by atoms with Crippen molar-refractivity contribution in [1.82, 2.24) is 10.3 Å².